The van der Waals surface area contributed by atoms with E-state index in [4.69, 9.17) is 9.15 Å². The van der Waals surface area contributed by atoms with Crippen LogP contribution in [0.15, 0.2) is 46.9 Å². The van der Waals surface area contributed by atoms with E-state index in [9.17, 15) is 4.79 Å². The van der Waals surface area contributed by atoms with Gasteiger partial charge in [0.15, 0.2) is 5.76 Å². The fourth-order valence-electron chi connectivity index (χ4n) is 2.94. The van der Waals surface area contributed by atoms with Crippen LogP contribution in [0, 0.1) is 6.92 Å². The number of aryl methyl sites for hydroxylation is 2. The van der Waals surface area contributed by atoms with Crippen LogP contribution in [0.1, 0.15) is 34.2 Å². The Morgan fingerprint density at radius 1 is 1.17 bits per heavy atom. The van der Waals surface area contributed by atoms with Crippen LogP contribution < -0.4 is 5.32 Å². The molecule has 0 radical (unpaired) electrons. The van der Waals surface area contributed by atoms with Crippen LogP contribution >= 0.6 is 0 Å². The molecule has 1 amide bonds. The van der Waals surface area contributed by atoms with Crippen LogP contribution in [0.3, 0.4) is 0 Å². The Balaban J connectivity index is 2.02. The predicted molar refractivity (Wildman–Crippen MR) is 95.4 cm³/mol. The minimum Gasteiger partial charge on any atom is -0.451 e. The number of amides is 1. The zero-order chi connectivity index (χ0) is 17.1. The van der Waals surface area contributed by atoms with Gasteiger partial charge in [0.1, 0.15) is 5.58 Å². The summed E-state index contributed by atoms with van der Waals surface area (Å²) in [4.78, 5) is 12.8. The van der Waals surface area contributed by atoms with Crippen LogP contribution in [0.25, 0.3) is 11.0 Å². The molecule has 4 nitrogen and oxygen atoms in total. The number of ether oxygens (including phenoxy) is 1. The van der Waals surface area contributed by atoms with Gasteiger partial charge in [0, 0.05) is 23.7 Å². The van der Waals surface area contributed by atoms with Gasteiger partial charge >= 0.3 is 0 Å². The Kier molecular flexibility index (Phi) is 4.67. The van der Waals surface area contributed by atoms with Crippen molar-refractivity contribution in [2.24, 2.45) is 0 Å². The summed E-state index contributed by atoms with van der Waals surface area (Å²) >= 11 is 0. The highest BCUT2D eigenvalue weighted by Gasteiger charge is 2.21. The molecule has 1 aromatic heterocycles. The molecular formula is C20H21NO3. The Morgan fingerprint density at radius 3 is 2.71 bits per heavy atom. The summed E-state index contributed by atoms with van der Waals surface area (Å²) in [6.07, 6.45) is 0.850. The van der Waals surface area contributed by atoms with E-state index in [1.807, 2.05) is 49.4 Å². The first kappa shape index (κ1) is 16.3. The lowest BCUT2D eigenvalue weighted by Crippen LogP contribution is -2.15. The van der Waals surface area contributed by atoms with Gasteiger partial charge in [0.25, 0.3) is 5.91 Å². The standard InChI is InChI=1S/C20H21NO3/c1-4-14-9-7-8-13(2)18(14)21-20(22)19-16(12-23-3)15-10-5-6-11-17(15)24-19/h5-11H,4,12H2,1-3H3,(H,21,22). The highest BCUT2D eigenvalue weighted by molar-refractivity contribution is 6.07. The average molecular weight is 323 g/mol. The number of carbonyl (C=O) groups is 1. The van der Waals surface area contributed by atoms with Gasteiger partial charge in [-0.05, 0) is 30.5 Å². The normalized spacial score (nSPS) is 11.0. The van der Waals surface area contributed by atoms with E-state index in [0.717, 1.165) is 34.2 Å². The predicted octanol–water partition coefficient (Wildman–Crippen LogP) is 4.70. The Hall–Kier alpha value is -2.59. The molecule has 2 aromatic carbocycles. The number of hydrogen-bond donors (Lipinski definition) is 1. The van der Waals surface area contributed by atoms with Crippen LogP contribution in [0.2, 0.25) is 0 Å². The van der Waals surface area contributed by atoms with Crippen molar-refractivity contribution in [1.29, 1.82) is 0 Å². The maximum Gasteiger partial charge on any atom is 0.291 e. The molecule has 1 N–H and O–H groups in total. The first-order valence-electron chi connectivity index (χ1n) is 8.04. The van der Waals surface area contributed by atoms with E-state index >= 15 is 0 Å². The second-order valence-corrected chi connectivity index (χ2v) is 5.76. The molecule has 0 aliphatic carbocycles. The number of nitrogens with one attached hydrogen (secondary N) is 1. The van der Waals surface area contributed by atoms with Gasteiger partial charge in [-0.15, -0.1) is 0 Å². The Labute approximate surface area is 141 Å². The molecule has 0 unspecified atom stereocenters. The summed E-state index contributed by atoms with van der Waals surface area (Å²) in [6, 6.07) is 13.6. The molecule has 0 aliphatic heterocycles. The van der Waals surface area contributed by atoms with Crippen LogP contribution in [-0.4, -0.2) is 13.0 Å². The third-order valence-electron chi connectivity index (χ3n) is 4.17. The van der Waals surface area contributed by atoms with Crippen molar-refractivity contribution in [1.82, 2.24) is 0 Å². The molecule has 0 aliphatic rings. The number of carbonyl (C=O) groups excluding carboxylic acids is 1. The molecule has 4 heteroatoms. The molecule has 0 fully saturated rings. The highest BCUT2D eigenvalue weighted by atomic mass is 16.5. The SMILES string of the molecule is CCc1cccc(C)c1NC(=O)c1oc2ccccc2c1COC. The van der Waals surface area contributed by atoms with Crippen molar-refractivity contribution < 1.29 is 13.9 Å². The maximum absolute atomic E-state index is 12.8. The molecule has 0 atom stereocenters. The molecule has 124 valence electrons. The number of anilines is 1. The summed E-state index contributed by atoms with van der Waals surface area (Å²) < 4.78 is 11.1. The number of hydrogen-bond acceptors (Lipinski definition) is 3. The number of fused-ring (bicyclic) bond motifs is 1. The fraction of sp³-hybridized carbons (Fsp3) is 0.250. The second-order valence-electron chi connectivity index (χ2n) is 5.76. The topological polar surface area (TPSA) is 51.5 Å². The molecule has 0 bridgehead atoms. The van der Waals surface area contributed by atoms with E-state index in [1.54, 1.807) is 7.11 Å². The number of para-hydroxylation sites is 2. The van der Waals surface area contributed by atoms with E-state index in [1.165, 1.54) is 0 Å². The number of rotatable bonds is 5. The number of furan rings is 1. The third kappa shape index (κ3) is 2.93. The van der Waals surface area contributed by atoms with E-state index in [-0.39, 0.29) is 5.91 Å². The molecule has 3 aromatic rings. The van der Waals surface area contributed by atoms with Crippen LogP contribution in [0.5, 0.6) is 0 Å². The second kappa shape index (κ2) is 6.89. The van der Waals surface area contributed by atoms with Crippen molar-refractivity contribution in [3.8, 4) is 0 Å². The van der Waals surface area contributed by atoms with E-state index in [0.29, 0.717) is 18.0 Å². The van der Waals surface area contributed by atoms with E-state index in [2.05, 4.69) is 12.2 Å². The van der Waals surface area contributed by atoms with Crippen molar-refractivity contribution in [2.75, 3.05) is 12.4 Å². The van der Waals surface area contributed by atoms with Gasteiger partial charge < -0.3 is 14.5 Å². The van der Waals surface area contributed by atoms with Crippen molar-refractivity contribution in [2.45, 2.75) is 26.9 Å². The molecule has 0 spiro atoms. The summed E-state index contributed by atoms with van der Waals surface area (Å²) in [5.74, 6) is 0.0607. The van der Waals surface area contributed by atoms with Gasteiger partial charge in [-0.2, -0.15) is 0 Å². The van der Waals surface area contributed by atoms with Crippen molar-refractivity contribution >= 4 is 22.6 Å². The van der Waals surface area contributed by atoms with Gasteiger partial charge in [-0.25, -0.2) is 0 Å². The largest absolute Gasteiger partial charge is 0.451 e. The number of methoxy groups -OCH3 is 1. The van der Waals surface area contributed by atoms with Crippen molar-refractivity contribution in [3.63, 3.8) is 0 Å². The van der Waals surface area contributed by atoms with E-state index < -0.39 is 0 Å². The first-order valence-corrected chi connectivity index (χ1v) is 8.04. The molecular weight excluding hydrogens is 302 g/mol. The number of benzene rings is 2. The highest BCUT2D eigenvalue weighted by Crippen LogP contribution is 2.28. The Bertz CT molecular complexity index is 880. The minimum absolute atomic E-state index is 0.248. The monoisotopic (exact) mass is 323 g/mol. The zero-order valence-electron chi connectivity index (χ0n) is 14.2. The zero-order valence-corrected chi connectivity index (χ0v) is 14.2. The molecule has 0 saturated heterocycles. The lowest BCUT2D eigenvalue weighted by molar-refractivity contribution is 0.0992. The minimum atomic E-state index is -0.248. The van der Waals surface area contributed by atoms with Crippen LogP contribution in [-0.2, 0) is 17.8 Å². The van der Waals surface area contributed by atoms with Crippen LogP contribution in [0.4, 0.5) is 5.69 Å². The summed E-state index contributed by atoms with van der Waals surface area (Å²) in [7, 11) is 1.61. The first-order chi connectivity index (χ1) is 11.7. The third-order valence-corrected chi connectivity index (χ3v) is 4.17. The quantitative estimate of drug-likeness (QED) is 0.740. The average Bonchev–Trinajstić information content (AvgIpc) is 2.96. The fourth-order valence-corrected chi connectivity index (χ4v) is 2.94. The van der Waals surface area contributed by atoms with Gasteiger partial charge in [-0.3, -0.25) is 4.79 Å². The summed E-state index contributed by atoms with van der Waals surface area (Å²) in [5, 5.41) is 3.92. The van der Waals surface area contributed by atoms with Gasteiger partial charge in [0.05, 0.1) is 6.61 Å². The summed E-state index contributed by atoms with van der Waals surface area (Å²) in [6.45, 7) is 4.39. The lowest BCUT2D eigenvalue weighted by Gasteiger charge is -2.12. The Morgan fingerprint density at radius 2 is 1.96 bits per heavy atom. The smallest absolute Gasteiger partial charge is 0.291 e. The molecule has 24 heavy (non-hydrogen) atoms. The lowest BCUT2D eigenvalue weighted by atomic mass is 10.1. The maximum atomic E-state index is 12.8. The molecule has 0 saturated carbocycles. The van der Waals surface area contributed by atoms with Gasteiger partial charge in [-0.1, -0.05) is 43.3 Å². The van der Waals surface area contributed by atoms with Gasteiger partial charge in [0.2, 0.25) is 0 Å². The molecule has 3 rings (SSSR count). The molecule has 1 heterocycles. The summed E-state index contributed by atoms with van der Waals surface area (Å²) in [5.41, 5.74) is 4.46. The van der Waals surface area contributed by atoms with Crippen molar-refractivity contribution in [3.05, 3.63) is 64.9 Å².